The monoisotopic (exact) mass is 340 g/mol. The fourth-order valence-electron chi connectivity index (χ4n) is 2.61. The van der Waals surface area contributed by atoms with E-state index >= 15 is 0 Å². The van der Waals surface area contributed by atoms with Crippen molar-refractivity contribution >= 4 is 22.0 Å². The first-order valence-corrected chi connectivity index (χ1v) is 7.90. The van der Waals surface area contributed by atoms with Crippen LogP contribution >= 0.6 is 15.9 Å². The number of aliphatic hydroxyl groups is 1. The van der Waals surface area contributed by atoms with Crippen molar-refractivity contribution in [3.05, 3.63) is 33.8 Å². The van der Waals surface area contributed by atoms with Crippen LogP contribution in [0, 0.1) is 0 Å². The number of nitrogens with one attached hydrogen (secondary N) is 2. The number of rotatable bonds is 5. The molecular weight excluding hydrogens is 320 g/mol. The van der Waals surface area contributed by atoms with Gasteiger partial charge in [0.05, 0.1) is 12.1 Å². The summed E-state index contributed by atoms with van der Waals surface area (Å²) in [6, 6.07) is 5.93. The number of carbonyl (C=O) groups excluding carboxylic acids is 1. The maximum Gasteiger partial charge on any atom is 0.315 e. The van der Waals surface area contributed by atoms with E-state index in [9.17, 15) is 9.90 Å². The third kappa shape index (κ3) is 3.73. The molecule has 0 aromatic heterocycles. The van der Waals surface area contributed by atoms with Gasteiger partial charge in [0.25, 0.3) is 0 Å². The van der Waals surface area contributed by atoms with Crippen LogP contribution in [-0.4, -0.2) is 23.8 Å². The molecule has 110 valence electrons. The molecular formula is C15H21BrN2O2. The van der Waals surface area contributed by atoms with Gasteiger partial charge in [-0.05, 0) is 36.5 Å². The summed E-state index contributed by atoms with van der Waals surface area (Å²) in [7, 11) is 0. The molecule has 2 unspecified atom stereocenters. The van der Waals surface area contributed by atoms with Gasteiger partial charge in [0.15, 0.2) is 0 Å². The Morgan fingerprint density at radius 3 is 3.10 bits per heavy atom. The quantitative estimate of drug-likeness (QED) is 0.771. The van der Waals surface area contributed by atoms with Gasteiger partial charge in [-0.2, -0.15) is 0 Å². The second-order valence-corrected chi connectivity index (χ2v) is 6.05. The highest BCUT2D eigenvalue weighted by Crippen LogP contribution is 2.35. The Hall–Kier alpha value is -1.07. The van der Waals surface area contributed by atoms with Crippen LogP contribution in [0.4, 0.5) is 4.79 Å². The van der Waals surface area contributed by atoms with Gasteiger partial charge < -0.3 is 15.7 Å². The van der Waals surface area contributed by atoms with E-state index in [-0.39, 0.29) is 12.1 Å². The molecule has 1 aliphatic carbocycles. The summed E-state index contributed by atoms with van der Waals surface area (Å²) in [6.45, 7) is 2.31. The topological polar surface area (TPSA) is 61.4 Å². The first kappa shape index (κ1) is 15.3. The summed E-state index contributed by atoms with van der Waals surface area (Å²) < 4.78 is 1.11. The molecule has 1 aromatic carbocycles. The fraction of sp³-hybridized carbons (Fsp3) is 0.533. The number of halogens is 1. The largest absolute Gasteiger partial charge is 0.391 e. The standard InChI is InChI=1S/C15H21BrN2O2/c1-2-4-10(19)9-17-15(20)18-14-8-7-11-12(14)5-3-6-13(11)16/h3,5-6,10,14,19H,2,4,7-9H2,1H3,(H2,17,18,20). The zero-order chi connectivity index (χ0) is 14.5. The number of aliphatic hydroxyl groups excluding tert-OH is 1. The van der Waals surface area contributed by atoms with Crippen molar-refractivity contribution in [1.29, 1.82) is 0 Å². The zero-order valence-electron chi connectivity index (χ0n) is 11.7. The van der Waals surface area contributed by atoms with E-state index in [0.29, 0.717) is 13.0 Å². The van der Waals surface area contributed by atoms with E-state index in [4.69, 9.17) is 0 Å². The minimum atomic E-state index is -0.462. The number of amides is 2. The molecule has 0 saturated carbocycles. The SMILES string of the molecule is CCCC(O)CNC(=O)NC1CCc2c(Br)cccc21. The molecule has 4 nitrogen and oxygen atoms in total. The summed E-state index contributed by atoms with van der Waals surface area (Å²) >= 11 is 3.55. The Morgan fingerprint density at radius 2 is 2.35 bits per heavy atom. The minimum absolute atomic E-state index is 0.0609. The van der Waals surface area contributed by atoms with Gasteiger partial charge in [-0.1, -0.05) is 41.4 Å². The van der Waals surface area contributed by atoms with Crippen LogP contribution in [0.15, 0.2) is 22.7 Å². The fourth-order valence-corrected chi connectivity index (χ4v) is 3.19. The molecule has 0 heterocycles. The van der Waals surface area contributed by atoms with Crippen LogP contribution in [0.3, 0.4) is 0 Å². The van der Waals surface area contributed by atoms with Gasteiger partial charge in [-0.15, -0.1) is 0 Å². The second-order valence-electron chi connectivity index (χ2n) is 5.20. The molecule has 20 heavy (non-hydrogen) atoms. The van der Waals surface area contributed by atoms with E-state index in [2.05, 4.69) is 32.6 Å². The number of fused-ring (bicyclic) bond motifs is 1. The smallest absolute Gasteiger partial charge is 0.315 e. The average molecular weight is 341 g/mol. The lowest BCUT2D eigenvalue weighted by Gasteiger charge is -2.16. The maximum atomic E-state index is 11.9. The Labute approximate surface area is 128 Å². The van der Waals surface area contributed by atoms with Crippen molar-refractivity contribution in [2.45, 2.75) is 44.8 Å². The van der Waals surface area contributed by atoms with Gasteiger partial charge in [0.2, 0.25) is 0 Å². The van der Waals surface area contributed by atoms with E-state index < -0.39 is 6.10 Å². The molecule has 0 fully saturated rings. The number of hydrogen-bond donors (Lipinski definition) is 3. The molecule has 2 amide bonds. The summed E-state index contributed by atoms with van der Waals surface area (Å²) in [6.07, 6.45) is 3.05. The molecule has 0 bridgehead atoms. The molecule has 5 heteroatoms. The van der Waals surface area contributed by atoms with E-state index in [0.717, 1.165) is 23.7 Å². The predicted molar refractivity (Wildman–Crippen MR) is 82.7 cm³/mol. The van der Waals surface area contributed by atoms with E-state index in [1.807, 2.05) is 19.1 Å². The maximum absolute atomic E-state index is 11.9. The van der Waals surface area contributed by atoms with Crippen LogP contribution in [0.25, 0.3) is 0 Å². The van der Waals surface area contributed by atoms with Crippen LogP contribution in [-0.2, 0) is 6.42 Å². The first-order valence-electron chi connectivity index (χ1n) is 7.11. The summed E-state index contributed by atoms with van der Waals surface area (Å²) in [5.41, 5.74) is 2.47. The first-order chi connectivity index (χ1) is 9.61. The third-order valence-corrected chi connectivity index (χ3v) is 4.38. The van der Waals surface area contributed by atoms with Crippen molar-refractivity contribution in [3.63, 3.8) is 0 Å². The highest BCUT2D eigenvalue weighted by Gasteiger charge is 2.25. The number of urea groups is 1. The number of benzene rings is 1. The molecule has 0 saturated heterocycles. The molecule has 0 spiro atoms. The molecule has 2 rings (SSSR count). The summed E-state index contributed by atoms with van der Waals surface area (Å²) in [5.74, 6) is 0. The lowest BCUT2D eigenvalue weighted by molar-refractivity contribution is 0.160. The summed E-state index contributed by atoms with van der Waals surface area (Å²) in [5, 5.41) is 15.3. The van der Waals surface area contributed by atoms with E-state index in [1.165, 1.54) is 11.1 Å². The molecule has 2 atom stereocenters. The highest BCUT2D eigenvalue weighted by atomic mass is 79.9. The minimum Gasteiger partial charge on any atom is -0.391 e. The Morgan fingerprint density at radius 1 is 1.55 bits per heavy atom. The number of hydrogen-bond acceptors (Lipinski definition) is 2. The van der Waals surface area contributed by atoms with E-state index in [1.54, 1.807) is 0 Å². The highest BCUT2D eigenvalue weighted by molar-refractivity contribution is 9.10. The second kappa shape index (κ2) is 7.09. The van der Waals surface area contributed by atoms with Crippen molar-refractivity contribution in [2.24, 2.45) is 0 Å². The lowest BCUT2D eigenvalue weighted by atomic mass is 10.1. The normalized spacial score (nSPS) is 18.4. The average Bonchev–Trinajstić information content (AvgIpc) is 2.82. The molecule has 0 radical (unpaired) electrons. The summed E-state index contributed by atoms with van der Waals surface area (Å²) in [4.78, 5) is 11.9. The van der Waals surface area contributed by atoms with Gasteiger partial charge >= 0.3 is 6.03 Å². The van der Waals surface area contributed by atoms with Gasteiger partial charge in [-0.3, -0.25) is 0 Å². The Bertz CT molecular complexity index is 479. The van der Waals surface area contributed by atoms with Crippen molar-refractivity contribution in [1.82, 2.24) is 10.6 Å². The van der Waals surface area contributed by atoms with Crippen molar-refractivity contribution < 1.29 is 9.90 Å². The van der Waals surface area contributed by atoms with Crippen LogP contribution in [0.5, 0.6) is 0 Å². The van der Waals surface area contributed by atoms with Crippen LogP contribution in [0.1, 0.15) is 43.4 Å². The predicted octanol–water partition coefficient (Wildman–Crippen LogP) is 2.90. The molecule has 1 aromatic rings. The Kier molecular flexibility index (Phi) is 5.43. The van der Waals surface area contributed by atoms with Crippen molar-refractivity contribution in [2.75, 3.05) is 6.54 Å². The number of carbonyl (C=O) groups is 1. The lowest BCUT2D eigenvalue weighted by Crippen LogP contribution is -2.40. The van der Waals surface area contributed by atoms with Crippen molar-refractivity contribution in [3.8, 4) is 0 Å². The van der Waals surface area contributed by atoms with Gasteiger partial charge in [-0.25, -0.2) is 4.79 Å². The van der Waals surface area contributed by atoms with Crippen LogP contribution in [0.2, 0.25) is 0 Å². The Balaban J connectivity index is 1.87. The molecule has 0 aliphatic heterocycles. The molecule has 3 N–H and O–H groups in total. The molecule has 1 aliphatic rings. The van der Waals surface area contributed by atoms with Crippen LogP contribution < -0.4 is 10.6 Å². The van der Waals surface area contributed by atoms with Gasteiger partial charge in [0.1, 0.15) is 0 Å². The van der Waals surface area contributed by atoms with Gasteiger partial charge in [0, 0.05) is 11.0 Å². The zero-order valence-corrected chi connectivity index (χ0v) is 13.2. The third-order valence-electron chi connectivity index (χ3n) is 3.64.